The van der Waals surface area contributed by atoms with E-state index in [4.69, 9.17) is 4.74 Å². The standard InChI is InChI=1S/C16H18N2O2S/c1-10-6-13(20-12-4-3-5-12)7-14(17-10)15(19)8-16-18-11(2)9-21-16/h6-7,9,12H,3-5,8H2,1-2H3. The highest BCUT2D eigenvalue weighted by Crippen LogP contribution is 2.26. The van der Waals surface area contributed by atoms with E-state index >= 15 is 0 Å². The number of carbonyl (C=O) groups excluding carboxylic acids is 1. The molecule has 0 spiro atoms. The molecule has 0 bridgehead atoms. The topological polar surface area (TPSA) is 52.1 Å². The largest absolute Gasteiger partial charge is 0.490 e. The summed E-state index contributed by atoms with van der Waals surface area (Å²) in [6.07, 6.45) is 4.03. The second-order valence-corrected chi connectivity index (χ2v) is 6.43. The van der Waals surface area contributed by atoms with Gasteiger partial charge in [-0.25, -0.2) is 9.97 Å². The molecule has 5 heteroatoms. The highest BCUT2D eigenvalue weighted by Gasteiger charge is 2.20. The fourth-order valence-corrected chi connectivity index (χ4v) is 3.01. The van der Waals surface area contributed by atoms with Crippen molar-refractivity contribution in [2.75, 3.05) is 0 Å². The van der Waals surface area contributed by atoms with Gasteiger partial charge in [0.15, 0.2) is 5.78 Å². The maximum atomic E-state index is 12.3. The highest BCUT2D eigenvalue weighted by atomic mass is 32.1. The average Bonchev–Trinajstić information content (AvgIpc) is 2.79. The molecule has 4 nitrogen and oxygen atoms in total. The zero-order valence-corrected chi connectivity index (χ0v) is 13.1. The quantitative estimate of drug-likeness (QED) is 0.793. The maximum Gasteiger partial charge on any atom is 0.188 e. The molecule has 0 unspecified atom stereocenters. The van der Waals surface area contributed by atoms with Crippen LogP contribution in [-0.2, 0) is 6.42 Å². The summed E-state index contributed by atoms with van der Waals surface area (Å²) >= 11 is 1.51. The van der Waals surface area contributed by atoms with Gasteiger partial charge in [0.05, 0.1) is 12.5 Å². The summed E-state index contributed by atoms with van der Waals surface area (Å²) in [7, 11) is 0. The van der Waals surface area contributed by atoms with Gasteiger partial charge in [0.2, 0.25) is 0 Å². The Bertz CT molecular complexity index is 662. The van der Waals surface area contributed by atoms with Crippen LogP contribution in [0, 0.1) is 13.8 Å². The Morgan fingerprint density at radius 2 is 2.10 bits per heavy atom. The SMILES string of the molecule is Cc1cc(OC2CCC2)cc(C(=O)Cc2nc(C)cs2)n1. The molecule has 2 aromatic heterocycles. The van der Waals surface area contributed by atoms with E-state index in [0.29, 0.717) is 18.2 Å². The third-order valence-corrected chi connectivity index (χ3v) is 4.51. The number of hydrogen-bond donors (Lipinski definition) is 0. The lowest BCUT2D eigenvalue weighted by atomic mass is 9.96. The Kier molecular flexibility index (Phi) is 4.01. The van der Waals surface area contributed by atoms with E-state index in [1.54, 1.807) is 6.07 Å². The summed E-state index contributed by atoms with van der Waals surface area (Å²) in [5.74, 6) is 0.748. The molecule has 2 heterocycles. The molecule has 0 atom stereocenters. The van der Waals surface area contributed by atoms with Gasteiger partial charge < -0.3 is 4.74 Å². The molecule has 2 aromatic rings. The van der Waals surface area contributed by atoms with Crippen LogP contribution < -0.4 is 4.74 Å². The molecule has 0 N–H and O–H groups in total. The first-order valence-electron chi connectivity index (χ1n) is 7.20. The van der Waals surface area contributed by atoms with E-state index in [1.165, 1.54) is 17.8 Å². The molecule has 0 saturated heterocycles. The molecule has 0 aromatic carbocycles. The number of hydrogen-bond acceptors (Lipinski definition) is 5. The Balaban J connectivity index is 1.75. The predicted octanol–water partition coefficient (Wildman–Crippen LogP) is 3.51. The minimum absolute atomic E-state index is 0.00786. The van der Waals surface area contributed by atoms with Crippen molar-refractivity contribution in [1.82, 2.24) is 9.97 Å². The third kappa shape index (κ3) is 3.47. The van der Waals surface area contributed by atoms with Crippen LogP contribution in [0.4, 0.5) is 0 Å². The maximum absolute atomic E-state index is 12.3. The van der Waals surface area contributed by atoms with E-state index in [9.17, 15) is 4.79 Å². The van der Waals surface area contributed by atoms with Gasteiger partial charge in [-0.3, -0.25) is 4.79 Å². The normalized spacial score (nSPS) is 14.8. The molecule has 1 aliphatic rings. The van der Waals surface area contributed by atoms with Crippen LogP contribution >= 0.6 is 11.3 Å². The molecule has 21 heavy (non-hydrogen) atoms. The van der Waals surface area contributed by atoms with Crippen molar-refractivity contribution in [3.63, 3.8) is 0 Å². The summed E-state index contributed by atoms with van der Waals surface area (Å²) in [5.41, 5.74) is 2.23. The number of nitrogens with zero attached hydrogens (tertiary/aromatic N) is 2. The summed E-state index contributed by atoms with van der Waals surface area (Å²) < 4.78 is 5.87. The van der Waals surface area contributed by atoms with Crippen molar-refractivity contribution in [2.24, 2.45) is 0 Å². The molecule has 1 aliphatic carbocycles. The number of aromatic nitrogens is 2. The summed E-state index contributed by atoms with van der Waals surface area (Å²) in [6, 6.07) is 3.65. The minimum atomic E-state index is -0.00786. The van der Waals surface area contributed by atoms with Crippen molar-refractivity contribution < 1.29 is 9.53 Å². The fourth-order valence-electron chi connectivity index (χ4n) is 2.24. The first kappa shape index (κ1) is 14.2. The van der Waals surface area contributed by atoms with Crippen LogP contribution in [0.2, 0.25) is 0 Å². The van der Waals surface area contributed by atoms with Crippen LogP contribution in [0.3, 0.4) is 0 Å². The fraction of sp³-hybridized carbons (Fsp3) is 0.438. The van der Waals surface area contributed by atoms with E-state index in [2.05, 4.69) is 9.97 Å². The lowest BCUT2D eigenvalue weighted by molar-refractivity contribution is 0.0983. The monoisotopic (exact) mass is 302 g/mol. The highest BCUT2D eigenvalue weighted by molar-refractivity contribution is 7.09. The van der Waals surface area contributed by atoms with Crippen molar-refractivity contribution in [1.29, 1.82) is 0 Å². The van der Waals surface area contributed by atoms with Crippen molar-refractivity contribution in [3.05, 3.63) is 39.6 Å². The number of rotatable bonds is 5. The van der Waals surface area contributed by atoms with E-state index in [1.807, 2.05) is 25.3 Å². The Labute approximate surface area is 128 Å². The minimum Gasteiger partial charge on any atom is -0.490 e. The number of pyridine rings is 1. The van der Waals surface area contributed by atoms with Gasteiger partial charge in [-0.1, -0.05) is 0 Å². The second kappa shape index (κ2) is 5.93. The van der Waals surface area contributed by atoms with Crippen LogP contribution in [0.5, 0.6) is 5.75 Å². The number of ether oxygens (including phenoxy) is 1. The molecule has 1 saturated carbocycles. The van der Waals surface area contributed by atoms with E-state index in [0.717, 1.165) is 35.0 Å². The number of Topliss-reactive ketones (excluding diaryl/α,β-unsaturated/α-hetero) is 1. The second-order valence-electron chi connectivity index (χ2n) is 5.48. The molecule has 3 rings (SSSR count). The summed E-state index contributed by atoms with van der Waals surface area (Å²) in [5, 5.41) is 2.79. The van der Waals surface area contributed by atoms with Crippen LogP contribution in [0.25, 0.3) is 0 Å². The molecule has 0 radical (unpaired) electrons. The van der Waals surface area contributed by atoms with E-state index in [-0.39, 0.29) is 5.78 Å². The molecule has 1 fully saturated rings. The lowest BCUT2D eigenvalue weighted by Gasteiger charge is -2.26. The Morgan fingerprint density at radius 3 is 2.71 bits per heavy atom. The van der Waals surface area contributed by atoms with Gasteiger partial charge >= 0.3 is 0 Å². The first-order valence-corrected chi connectivity index (χ1v) is 8.07. The van der Waals surface area contributed by atoms with E-state index < -0.39 is 0 Å². The molecule has 0 aliphatic heterocycles. The summed E-state index contributed by atoms with van der Waals surface area (Å²) in [4.78, 5) is 21.0. The Hall–Kier alpha value is -1.75. The number of thiazole rings is 1. The Morgan fingerprint density at radius 1 is 1.29 bits per heavy atom. The van der Waals surface area contributed by atoms with Crippen molar-refractivity contribution >= 4 is 17.1 Å². The van der Waals surface area contributed by atoms with Gasteiger partial charge in [0, 0.05) is 28.9 Å². The number of carbonyl (C=O) groups is 1. The van der Waals surface area contributed by atoms with Gasteiger partial charge in [-0.05, 0) is 33.1 Å². The lowest BCUT2D eigenvalue weighted by Crippen LogP contribution is -2.24. The zero-order valence-electron chi connectivity index (χ0n) is 12.3. The molecule has 110 valence electrons. The third-order valence-electron chi connectivity index (χ3n) is 3.55. The van der Waals surface area contributed by atoms with Crippen LogP contribution in [0.1, 0.15) is 46.1 Å². The predicted molar refractivity (Wildman–Crippen MR) is 82.1 cm³/mol. The number of ketones is 1. The summed E-state index contributed by atoms with van der Waals surface area (Å²) in [6.45, 7) is 3.82. The van der Waals surface area contributed by atoms with Gasteiger partial charge in [0.25, 0.3) is 0 Å². The number of aryl methyl sites for hydroxylation is 2. The van der Waals surface area contributed by atoms with Gasteiger partial charge in [-0.15, -0.1) is 11.3 Å². The first-order chi connectivity index (χ1) is 10.1. The van der Waals surface area contributed by atoms with Crippen LogP contribution in [-0.4, -0.2) is 21.9 Å². The molecule has 0 amide bonds. The molecular formula is C16H18N2O2S. The van der Waals surface area contributed by atoms with Gasteiger partial charge in [0.1, 0.15) is 16.5 Å². The zero-order chi connectivity index (χ0) is 14.8. The molecular weight excluding hydrogens is 284 g/mol. The van der Waals surface area contributed by atoms with Crippen molar-refractivity contribution in [3.8, 4) is 5.75 Å². The van der Waals surface area contributed by atoms with Crippen molar-refractivity contribution in [2.45, 2.75) is 45.6 Å². The van der Waals surface area contributed by atoms with Gasteiger partial charge in [-0.2, -0.15) is 0 Å². The average molecular weight is 302 g/mol. The van der Waals surface area contributed by atoms with Crippen LogP contribution in [0.15, 0.2) is 17.5 Å². The smallest absolute Gasteiger partial charge is 0.188 e.